The van der Waals surface area contributed by atoms with Gasteiger partial charge in [0.1, 0.15) is 0 Å². The average Bonchev–Trinajstić information content (AvgIpc) is 2.34. The van der Waals surface area contributed by atoms with Crippen molar-refractivity contribution in [1.29, 1.82) is 0 Å². The summed E-state index contributed by atoms with van der Waals surface area (Å²) in [6.45, 7) is 10.8. The molecule has 2 aliphatic carbocycles. The molecule has 6 atom stereocenters. The standard InChI is InChI=1S/C17H33NS/c1-5-18-16-11-13(3)9-14(4)17(16)19-15-8-6-7-12(2)10-15/h12-18H,5-11H2,1-4H3. The van der Waals surface area contributed by atoms with Gasteiger partial charge in [-0.1, -0.05) is 40.5 Å². The van der Waals surface area contributed by atoms with Crippen LogP contribution in [0.25, 0.3) is 0 Å². The molecule has 0 bridgehead atoms. The maximum Gasteiger partial charge on any atom is 0.0229 e. The van der Waals surface area contributed by atoms with E-state index in [1.54, 1.807) is 0 Å². The van der Waals surface area contributed by atoms with Crippen molar-refractivity contribution in [2.45, 2.75) is 82.8 Å². The molecule has 0 aromatic heterocycles. The van der Waals surface area contributed by atoms with Gasteiger partial charge in [-0.05, 0) is 50.0 Å². The molecule has 0 saturated heterocycles. The molecule has 2 aliphatic rings. The molecule has 6 unspecified atom stereocenters. The third kappa shape index (κ3) is 4.39. The van der Waals surface area contributed by atoms with Crippen molar-refractivity contribution in [3.63, 3.8) is 0 Å². The Hall–Kier alpha value is 0.310. The zero-order valence-electron chi connectivity index (χ0n) is 13.3. The fourth-order valence-corrected chi connectivity index (χ4v) is 6.21. The second kappa shape index (κ2) is 7.36. The lowest BCUT2D eigenvalue weighted by atomic mass is 9.80. The summed E-state index contributed by atoms with van der Waals surface area (Å²) in [5.41, 5.74) is 0. The van der Waals surface area contributed by atoms with E-state index in [-0.39, 0.29) is 0 Å². The Morgan fingerprint density at radius 1 is 1.00 bits per heavy atom. The van der Waals surface area contributed by atoms with Crippen LogP contribution in [0.3, 0.4) is 0 Å². The Bertz CT molecular complexity index is 268. The van der Waals surface area contributed by atoms with Crippen LogP contribution in [-0.2, 0) is 0 Å². The van der Waals surface area contributed by atoms with Crippen LogP contribution in [0.4, 0.5) is 0 Å². The van der Waals surface area contributed by atoms with E-state index in [0.717, 1.165) is 40.8 Å². The highest BCUT2D eigenvalue weighted by Gasteiger charge is 2.36. The minimum Gasteiger partial charge on any atom is -0.313 e. The second-order valence-electron chi connectivity index (χ2n) is 7.21. The van der Waals surface area contributed by atoms with Crippen molar-refractivity contribution in [3.8, 4) is 0 Å². The van der Waals surface area contributed by atoms with Crippen LogP contribution < -0.4 is 5.32 Å². The van der Waals surface area contributed by atoms with E-state index in [9.17, 15) is 0 Å². The maximum atomic E-state index is 3.78. The van der Waals surface area contributed by atoms with Gasteiger partial charge in [-0.3, -0.25) is 0 Å². The normalized spacial score (nSPS) is 44.2. The predicted molar refractivity (Wildman–Crippen MR) is 87.8 cm³/mol. The van der Waals surface area contributed by atoms with Crippen LogP contribution in [0, 0.1) is 17.8 Å². The molecule has 2 rings (SSSR count). The molecular weight excluding hydrogens is 250 g/mol. The van der Waals surface area contributed by atoms with Gasteiger partial charge in [-0.25, -0.2) is 0 Å². The Kier molecular flexibility index (Phi) is 6.08. The molecule has 0 amide bonds. The van der Waals surface area contributed by atoms with Crippen molar-refractivity contribution in [2.24, 2.45) is 17.8 Å². The van der Waals surface area contributed by atoms with E-state index in [4.69, 9.17) is 0 Å². The van der Waals surface area contributed by atoms with E-state index >= 15 is 0 Å². The van der Waals surface area contributed by atoms with Crippen LogP contribution in [-0.4, -0.2) is 23.1 Å². The van der Waals surface area contributed by atoms with E-state index in [1.165, 1.54) is 38.5 Å². The summed E-state index contributed by atoms with van der Waals surface area (Å²) >= 11 is 2.34. The smallest absolute Gasteiger partial charge is 0.0229 e. The van der Waals surface area contributed by atoms with Crippen LogP contribution in [0.1, 0.15) is 66.2 Å². The van der Waals surface area contributed by atoms with Gasteiger partial charge < -0.3 is 5.32 Å². The summed E-state index contributed by atoms with van der Waals surface area (Å²) in [5.74, 6) is 2.75. The fraction of sp³-hybridized carbons (Fsp3) is 1.00. The molecule has 0 aliphatic heterocycles. The zero-order chi connectivity index (χ0) is 13.8. The van der Waals surface area contributed by atoms with Crippen molar-refractivity contribution in [3.05, 3.63) is 0 Å². The zero-order valence-corrected chi connectivity index (χ0v) is 14.1. The van der Waals surface area contributed by atoms with Crippen molar-refractivity contribution in [1.82, 2.24) is 5.32 Å². The molecule has 112 valence electrons. The van der Waals surface area contributed by atoms with Gasteiger partial charge in [0.2, 0.25) is 0 Å². The van der Waals surface area contributed by atoms with Crippen molar-refractivity contribution >= 4 is 11.8 Å². The summed E-state index contributed by atoms with van der Waals surface area (Å²) in [5, 5.41) is 5.56. The van der Waals surface area contributed by atoms with E-state index in [1.807, 2.05) is 0 Å². The number of rotatable bonds is 4. The van der Waals surface area contributed by atoms with Crippen molar-refractivity contribution < 1.29 is 0 Å². The van der Waals surface area contributed by atoms with Gasteiger partial charge in [0, 0.05) is 16.5 Å². The van der Waals surface area contributed by atoms with Gasteiger partial charge in [-0.2, -0.15) is 11.8 Å². The third-order valence-electron chi connectivity index (χ3n) is 5.09. The van der Waals surface area contributed by atoms with E-state index in [0.29, 0.717) is 0 Å². The molecule has 0 aromatic carbocycles. The Morgan fingerprint density at radius 3 is 2.47 bits per heavy atom. The van der Waals surface area contributed by atoms with Crippen LogP contribution in [0.5, 0.6) is 0 Å². The Labute approximate surface area is 124 Å². The Balaban J connectivity index is 1.94. The highest BCUT2D eigenvalue weighted by atomic mass is 32.2. The molecule has 2 fully saturated rings. The van der Waals surface area contributed by atoms with Gasteiger partial charge in [0.05, 0.1) is 0 Å². The maximum absolute atomic E-state index is 3.78. The molecule has 1 nitrogen and oxygen atoms in total. The molecule has 19 heavy (non-hydrogen) atoms. The van der Waals surface area contributed by atoms with Crippen molar-refractivity contribution in [2.75, 3.05) is 6.54 Å². The van der Waals surface area contributed by atoms with Gasteiger partial charge >= 0.3 is 0 Å². The molecule has 1 N–H and O–H groups in total. The topological polar surface area (TPSA) is 12.0 Å². The van der Waals surface area contributed by atoms with E-state index in [2.05, 4.69) is 44.8 Å². The molecular formula is C17H33NS. The molecule has 0 heterocycles. The van der Waals surface area contributed by atoms with Gasteiger partial charge in [-0.15, -0.1) is 0 Å². The first-order valence-electron chi connectivity index (χ1n) is 8.49. The minimum atomic E-state index is 0.756. The predicted octanol–water partition coefficient (Wildman–Crippen LogP) is 4.71. The molecule has 0 spiro atoms. The summed E-state index contributed by atoms with van der Waals surface area (Å²) < 4.78 is 0. The minimum absolute atomic E-state index is 0.756. The lowest BCUT2D eigenvalue weighted by Crippen LogP contribution is -2.47. The largest absolute Gasteiger partial charge is 0.313 e. The molecule has 2 heteroatoms. The lowest BCUT2D eigenvalue weighted by Gasteiger charge is -2.42. The van der Waals surface area contributed by atoms with E-state index < -0.39 is 0 Å². The first-order valence-corrected chi connectivity index (χ1v) is 9.43. The highest BCUT2D eigenvalue weighted by Crippen LogP contribution is 2.42. The second-order valence-corrected chi connectivity index (χ2v) is 8.70. The fourth-order valence-electron chi connectivity index (χ4n) is 4.24. The molecule has 0 aromatic rings. The lowest BCUT2D eigenvalue weighted by molar-refractivity contribution is 0.250. The summed E-state index contributed by atoms with van der Waals surface area (Å²) in [4.78, 5) is 0. The summed E-state index contributed by atoms with van der Waals surface area (Å²) in [6, 6.07) is 0.756. The van der Waals surface area contributed by atoms with Crippen LogP contribution in [0.2, 0.25) is 0 Å². The summed E-state index contributed by atoms with van der Waals surface area (Å²) in [7, 11) is 0. The Morgan fingerprint density at radius 2 is 1.79 bits per heavy atom. The SMILES string of the molecule is CCNC1CC(C)CC(C)C1SC1CCCC(C)C1. The number of nitrogens with one attached hydrogen (secondary N) is 1. The first kappa shape index (κ1) is 15.7. The number of hydrogen-bond acceptors (Lipinski definition) is 2. The molecule has 2 saturated carbocycles. The first-order chi connectivity index (χ1) is 9.10. The summed E-state index contributed by atoms with van der Waals surface area (Å²) in [6.07, 6.45) is 8.67. The van der Waals surface area contributed by atoms with Gasteiger partial charge in [0.25, 0.3) is 0 Å². The average molecular weight is 284 g/mol. The number of hydrogen-bond donors (Lipinski definition) is 1. The third-order valence-corrected chi connectivity index (χ3v) is 7.01. The quantitative estimate of drug-likeness (QED) is 0.802. The number of thioether (sulfide) groups is 1. The van der Waals surface area contributed by atoms with Crippen LogP contribution >= 0.6 is 11.8 Å². The highest BCUT2D eigenvalue weighted by molar-refractivity contribution is 8.00. The van der Waals surface area contributed by atoms with Gasteiger partial charge in [0.15, 0.2) is 0 Å². The monoisotopic (exact) mass is 283 g/mol. The molecule has 0 radical (unpaired) electrons. The van der Waals surface area contributed by atoms with Crippen LogP contribution in [0.15, 0.2) is 0 Å².